The molecule has 4 rings (SSSR count). The van der Waals surface area contributed by atoms with Gasteiger partial charge in [-0.15, -0.1) is 0 Å². The molecular weight excluding hydrogens is 536 g/mol. The van der Waals surface area contributed by atoms with Gasteiger partial charge in [0.25, 0.3) is 0 Å². The van der Waals surface area contributed by atoms with E-state index in [2.05, 4.69) is 14.7 Å². The molecule has 1 saturated heterocycles. The molecule has 0 spiro atoms. The predicted octanol–water partition coefficient (Wildman–Crippen LogP) is 5.92. The van der Waals surface area contributed by atoms with Crippen LogP contribution in [0.1, 0.15) is 28.9 Å². The van der Waals surface area contributed by atoms with E-state index in [1.165, 1.54) is 16.4 Å². The summed E-state index contributed by atoms with van der Waals surface area (Å²) >= 11 is 1.22. The molecular formula is C24H23F6N5O2S. The Hall–Kier alpha value is -3.55. The Morgan fingerprint density at radius 1 is 1.00 bits per heavy atom. The molecule has 2 heterocycles. The molecule has 1 fully saturated rings. The molecule has 38 heavy (non-hydrogen) atoms. The van der Waals surface area contributed by atoms with Crippen molar-refractivity contribution in [2.24, 2.45) is 0 Å². The van der Waals surface area contributed by atoms with Crippen LogP contribution in [-0.2, 0) is 18.8 Å². The molecule has 2 amide bonds. The van der Waals surface area contributed by atoms with E-state index in [4.69, 9.17) is 4.74 Å². The first-order valence-corrected chi connectivity index (χ1v) is 12.3. The third-order valence-corrected chi connectivity index (χ3v) is 6.66. The van der Waals surface area contributed by atoms with Crippen LogP contribution in [0.2, 0.25) is 0 Å². The van der Waals surface area contributed by atoms with Gasteiger partial charge < -0.3 is 19.9 Å². The number of halogens is 6. The Morgan fingerprint density at radius 3 is 2.37 bits per heavy atom. The van der Waals surface area contributed by atoms with Crippen molar-refractivity contribution in [2.45, 2.75) is 25.2 Å². The highest BCUT2D eigenvalue weighted by Gasteiger charge is 2.37. The Balaban J connectivity index is 1.40. The number of rotatable bonds is 5. The van der Waals surface area contributed by atoms with Gasteiger partial charge in [0.2, 0.25) is 5.13 Å². The summed E-state index contributed by atoms with van der Waals surface area (Å²) in [5, 5.41) is 2.86. The average Bonchev–Trinajstić information content (AvgIpc) is 3.17. The van der Waals surface area contributed by atoms with Crippen molar-refractivity contribution in [3.63, 3.8) is 0 Å². The number of methoxy groups -OCH3 is 1. The molecule has 0 unspecified atom stereocenters. The standard InChI is InChI=1S/C24H23F6N5O2S/c1-37-19-5-2-4-15(10-19)11-20-32-22(38-33-20)35-7-3-6-34(8-9-35)21(36)31-18-13-16(23(25,26)27)12-17(14-18)24(28,29)30/h2,4-5,10,12-14H,3,6-9,11H2,1H3,(H,31,36). The van der Waals surface area contributed by atoms with Gasteiger partial charge in [-0.2, -0.15) is 30.7 Å². The highest BCUT2D eigenvalue weighted by Crippen LogP contribution is 2.37. The molecule has 1 aliphatic heterocycles. The number of urea groups is 1. The van der Waals surface area contributed by atoms with Gasteiger partial charge >= 0.3 is 18.4 Å². The minimum atomic E-state index is -5.00. The number of nitrogens with one attached hydrogen (secondary N) is 1. The van der Waals surface area contributed by atoms with Gasteiger partial charge in [-0.05, 0) is 42.3 Å². The molecule has 0 saturated carbocycles. The van der Waals surface area contributed by atoms with Gasteiger partial charge in [-0.1, -0.05) is 12.1 Å². The fourth-order valence-corrected chi connectivity index (χ4v) is 4.69. The fourth-order valence-electron chi connectivity index (χ4n) is 3.95. The number of carbonyl (C=O) groups excluding carboxylic acids is 1. The maximum atomic E-state index is 13.1. The van der Waals surface area contributed by atoms with E-state index in [1.807, 2.05) is 29.2 Å². The van der Waals surface area contributed by atoms with Crippen LogP contribution in [0.4, 0.5) is 42.0 Å². The molecule has 1 N–H and O–H groups in total. The summed E-state index contributed by atoms with van der Waals surface area (Å²) in [5.74, 6) is 1.35. The summed E-state index contributed by atoms with van der Waals surface area (Å²) in [4.78, 5) is 20.6. The van der Waals surface area contributed by atoms with Crippen molar-refractivity contribution in [3.05, 3.63) is 65.0 Å². The molecule has 0 radical (unpaired) electrons. The second-order valence-corrected chi connectivity index (χ2v) is 9.30. The molecule has 1 aromatic heterocycles. The Kier molecular flexibility index (Phi) is 7.99. The van der Waals surface area contributed by atoms with E-state index < -0.39 is 35.2 Å². The molecule has 0 atom stereocenters. The zero-order chi connectivity index (χ0) is 27.5. The van der Waals surface area contributed by atoms with E-state index in [1.54, 1.807) is 7.11 Å². The van der Waals surface area contributed by atoms with Crippen LogP contribution in [0.5, 0.6) is 5.75 Å². The van der Waals surface area contributed by atoms with Crippen LogP contribution in [-0.4, -0.2) is 53.6 Å². The van der Waals surface area contributed by atoms with Crippen LogP contribution < -0.4 is 15.0 Å². The first kappa shape index (κ1) is 27.5. The van der Waals surface area contributed by atoms with Gasteiger partial charge in [-0.3, -0.25) is 0 Å². The Labute approximate surface area is 218 Å². The molecule has 0 bridgehead atoms. The van der Waals surface area contributed by atoms with Crippen molar-refractivity contribution >= 4 is 28.4 Å². The summed E-state index contributed by atoms with van der Waals surface area (Å²) in [6, 6.07) is 7.76. The second kappa shape index (κ2) is 11.1. The summed E-state index contributed by atoms with van der Waals surface area (Å²) in [6.07, 6.45) is -8.98. The number of amides is 2. The van der Waals surface area contributed by atoms with Crippen molar-refractivity contribution in [1.29, 1.82) is 0 Å². The Bertz CT molecular complexity index is 1250. The average molecular weight is 560 g/mol. The third-order valence-electron chi connectivity index (χ3n) is 5.85. The Morgan fingerprint density at radius 2 is 1.71 bits per heavy atom. The van der Waals surface area contributed by atoms with Gasteiger partial charge in [0.1, 0.15) is 11.6 Å². The lowest BCUT2D eigenvalue weighted by Crippen LogP contribution is -2.38. The first-order chi connectivity index (χ1) is 17.9. The van der Waals surface area contributed by atoms with Gasteiger partial charge in [0.05, 0.1) is 18.2 Å². The molecule has 204 valence electrons. The molecule has 14 heteroatoms. The van der Waals surface area contributed by atoms with Gasteiger partial charge in [0.15, 0.2) is 0 Å². The van der Waals surface area contributed by atoms with Crippen LogP contribution in [0.3, 0.4) is 0 Å². The minimum absolute atomic E-state index is 0.0179. The lowest BCUT2D eigenvalue weighted by atomic mass is 10.1. The maximum Gasteiger partial charge on any atom is 0.416 e. The van der Waals surface area contributed by atoms with Crippen LogP contribution >= 0.6 is 11.5 Å². The fraction of sp³-hybridized carbons (Fsp3) is 0.375. The number of benzene rings is 2. The largest absolute Gasteiger partial charge is 0.497 e. The van der Waals surface area contributed by atoms with E-state index in [9.17, 15) is 31.1 Å². The normalized spacial score (nSPS) is 14.8. The van der Waals surface area contributed by atoms with Crippen LogP contribution in [0.25, 0.3) is 0 Å². The smallest absolute Gasteiger partial charge is 0.416 e. The zero-order valence-electron chi connectivity index (χ0n) is 20.1. The third kappa shape index (κ3) is 6.85. The minimum Gasteiger partial charge on any atom is -0.497 e. The molecule has 1 aliphatic rings. The number of hydrogen-bond acceptors (Lipinski definition) is 6. The summed E-state index contributed by atoms with van der Waals surface area (Å²) in [5.41, 5.74) is -2.59. The number of ether oxygens (including phenoxy) is 1. The number of nitrogens with zero attached hydrogens (tertiary/aromatic N) is 4. The summed E-state index contributed by atoms with van der Waals surface area (Å²) < 4.78 is 88.4. The molecule has 3 aromatic rings. The lowest BCUT2D eigenvalue weighted by Gasteiger charge is -2.22. The second-order valence-electron chi connectivity index (χ2n) is 8.57. The van der Waals surface area contributed by atoms with Crippen molar-refractivity contribution in [2.75, 3.05) is 43.5 Å². The van der Waals surface area contributed by atoms with Crippen molar-refractivity contribution in [3.8, 4) is 5.75 Å². The van der Waals surface area contributed by atoms with Gasteiger partial charge in [-0.25, -0.2) is 9.78 Å². The van der Waals surface area contributed by atoms with E-state index in [-0.39, 0.29) is 19.2 Å². The first-order valence-electron chi connectivity index (χ1n) is 11.5. The number of alkyl halides is 6. The van der Waals surface area contributed by atoms with E-state index >= 15 is 0 Å². The maximum absolute atomic E-state index is 13.1. The van der Waals surface area contributed by atoms with E-state index in [0.717, 1.165) is 11.3 Å². The van der Waals surface area contributed by atoms with Gasteiger partial charge in [0, 0.05) is 49.8 Å². The summed E-state index contributed by atoms with van der Waals surface area (Å²) in [7, 11) is 1.58. The number of carbonyl (C=O) groups is 1. The lowest BCUT2D eigenvalue weighted by molar-refractivity contribution is -0.143. The molecule has 2 aromatic carbocycles. The number of aromatic nitrogens is 2. The summed E-state index contributed by atoms with van der Waals surface area (Å²) in [6.45, 7) is 1.39. The highest BCUT2D eigenvalue weighted by atomic mass is 32.1. The topological polar surface area (TPSA) is 70.6 Å². The zero-order valence-corrected chi connectivity index (χ0v) is 20.9. The van der Waals surface area contributed by atoms with Crippen molar-refractivity contribution in [1.82, 2.24) is 14.3 Å². The molecule has 0 aliphatic carbocycles. The highest BCUT2D eigenvalue weighted by molar-refractivity contribution is 7.09. The van der Waals surface area contributed by atoms with Crippen LogP contribution in [0.15, 0.2) is 42.5 Å². The molecule has 7 nitrogen and oxygen atoms in total. The number of anilines is 2. The SMILES string of the molecule is COc1cccc(Cc2nsc(N3CCCN(C(=O)Nc4cc(C(F)(F)F)cc(C(F)(F)F)c4)CC3)n2)c1. The predicted molar refractivity (Wildman–Crippen MR) is 130 cm³/mol. The number of hydrogen-bond donors (Lipinski definition) is 1. The van der Waals surface area contributed by atoms with Crippen molar-refractivity contribution < 1.29 is 35.9 Å². The van der Waals surface area contributed by atoms with Crippen LogP contribution in [0, 0.1) is 0 Å². The monoisotopic (exact) mass is 559 g/mol. The quantitative estimate of drug-likeness (QED) is 0.393. The van der Waals surface area contributed by atoms with E-state index in [0.29, 0.717) is 49.0 Å².